The number of thiazole rings is 4. The number of aliphatic hydroxyl groups excluding tert-OH is 1. The Bertz CT molecular complexity index is 7730. The van der Waals surface area contributed by atoms with Gasteiger partial charge in [-0.15, -0.1) is 0 Å². The van der Waals surface area contributed by atoms with E-state index in [1.165, 1.54) is 90.1 Å². The maximum absolute atomic E-state index is 14.7. The molecule has 20 rings (SSSR count). The number of pyridine rings is 4. The normalized spacial score (nSPS) is 13.6. The minimum atomic E-state index is -1.02. The maximum atomic E-state index is 14.7. The third-order valence-electron chi connectivity index (χ3n) is 24.7. The SMILES string of the molecule is CCN(CC)c1ccc(-c2ncc(-n3cc(C)cc(C)c3=O)s2)cc1.Cc1cc(=O)n(-c2cc(F)c3c(c2)OCC2CCCN32)c(C)n1.Cc1cc(=O)n(-c2ccc(N3CCN(C)CC3)c(F)c2)c(C)n1.Cc1cc(C)c(=O)n(-c2cnc(-c3ccc(N4CCOCC4)cc3)s2)c1.Cc1cc(C)c(=O)n(-c2cnc(-c3ccc(OCC(=O)O)cc3)s2)c1.Cc1cc(C)c(=O)n(-c2cnc(-c3ccc(OCCO)cc3)s2)c1. The quantitative estimate of drug-likeness (QED) is 0.0675. The van der Waals surface area contributed by atoms with Gasteiger partial charge in [0.05, 0.1) is 67.7 Å². The molecule has 14 heterocycles. The lowest BCUT2D eigenvalue weighted by molar-refractivity contribution is -0.139. The maximum Gasteiger partial charge on any atom is 0.341 e. The van der Waals surface area contributed by atoms with Crippen molar-refractivity contribution in [2.24, 2.45) is 0 Å². The molecule has 10 aromatic heterocycles. The molecule has 1 unspecified atom stereocenters. The van der Waals surface area contributed by atoms with Gasteiger partial charge in [0.1, 0.15) is 93.7 Å². The van der Waals surface area contributed by atoms with Crippen molar-refractivity contribution in [2.75, 3.05) is 125 Å². The van der Waals surface area contributed by atoms with E-state index in [0.717, 1.165) is 186 Å². The van der Waals surface area contributed by atoms with Crippen LogP contribution in [0.1, 0.15) is 94.2 Å². The first-order valence-electron chi connectivity index (χ1n) is 48.0. The third-order valence-corrected chi connectivity index (χ3v) is 28.9. The van der Waals surface area contributed by atoms with Crippen molar-refractivity contribution in [2.45, 2.75) is 116 Å². The van der Waals surface area contributed by atoms with Crippen LogP contribution < -0.4 is 67.2 Å². The fourth-order valence-electron chi connectivity index (χ4n) is 17.6. The second kappa shape index (κ2) is 47.8. The zero-order valence-electron chi connectivity index (χ0n) is 84.2. The number of anilines is 4. The van der Waals surface area contributed by atoms with Gasteiger partial charge in [-0.25, -0.2) is 43.5 Å². The van der Waals surface area contributed by atoms with Crippen LogP contribution in [-0.2, 0) is 9.53 Å². The van der Waals surface area contributed by atoms with Gasteiger partial charge in [0.2, 0.25) is 0 Å². The van der Waals surface area contributed by atoms with Gasteiger partial charge in [0.15, 0.2) is 12.4 Å². The minimum absolute atomic E-state index is 0.00784. The second-order valence-electron chi connectivity index (χ2n) is 35.9. The summed E-state index contributed by atoms with van der Waals surface area (Å²) in [6.45, 7) is 36.7. The smallest absolute Gasteiger partial charge is 0.341 e. The van der Waals surface area contributed by atoms with Crippen LogP contribution in [0, 0.1) is 94.7 Å². The fourth-order valence-corrected chi connectivity index (χ4v) is 21.2. The van der Waals surface area contributed by atoms with Gasteiger partial charge in [-0.2, -0.15) is 0 Å². The minimum Gasteiger partial charge on any atom is -0.491 e. The zero-order chi connectivity index (χ0) is 104. The highest BCUT2D eigenvalue weighted by Crippen LogP contribution is 2.42. The summed E-state index contributed by atoms with van der Waals surface area (Å²) in [5.41, 5.74) is 16.4. The number of halogens is 2. The first kappa shape index (κ1) is 106. The van der Waals surface area contributed by atoms with E-state index >= 15 is 0 Å². The van der Waals surface area contributed by atoms with Gasteiger partial charge in [0, 0.05) is 181 Å². The van der Waals surface area contributed by atoms with Crippen molar-refractivity contribution in [3.8, 4) is 90.9 Å². The number of hydrogen-bond acceptors (Lipinski definition) is 27. The average Bonchev–Trinajstić information content (AvgIpc) is 1.34. The molecule has 146 heavy (non-hydrogen) atoms. The number of likely N-dealkylation sites (N-methyl/N-ethyl adjacent to an activating group) is 1. The molecule has 6 aromatic carbocycles. The van der Waals surface area contributed by atoms with Gasteiger partial charge in [-0.05, 0) is 273 Å². The largest absolute Gasteiger partial charge is 0.491 e. The Labute approximate surface area is 859 Å². The van der Waals surface area contributed by atoms with Gasteiger partial charge >= 0.3 is 5.97 Å². The number of aliphatic carboxylic acids is 1. The zero-order valence-corrected chi connectivity index (χ0v) is 87.4. The number of fused-ring (bicyclic) bond motifs is 3. The monoisotopic (exact) mass is 2050 g/mol. The van der Waals surface area contributed by atoms with Crippen LogP contribution in [0.15, 0.2) is 242 Å². The van der Waals surface area contributed by atoms with E-state index < -0.39 is 5.97 Å². The molecule has 3 fully saturated rings. The lowest BCUT2D eigenvalue weighted by Gasteiger charge is -2.34. The number of aliphatic hydroxyl groups is 1. The molecule has 0 amide bonds. The lowest BCUT2D eigenvalue weighted by Crippen LogP contribution is -2.44. The summed E-state index contributed by atoms with van der Waals surface area (Å²) in [6.07, 6.45) is 16.4. The Balaban J connectivity index is 0.000000132. The standard InChI is InChI=1S/C20H21N3O2S.C20H23N3OS.C18H16N2O4S.C18H18N2O3S.C17H21FN4O.C17H18FN3O2/c1-14-11-15(2)20(24)23(13-14)18-12-21-19(26-18)16-3-5-17(6-4-16)22-7-9-25-10-8-22;1-5-22(6-2)17-9-7-16(8-10-17)19-21-12-18(25-19)23-13-14(3)11-15(4)20(23)24;1-11-7-12(2)18(23)20(9-11)15-8-19-17(25-15)13-3-5-14(6-4-13)24-10-16(21)22;1-12-9-13(2)18(22)20(11-12)16-10-19-17(24-16)14-3-5-15(6-4-14)23-8-7-21;1-12-10-17(23)22(13(2)19-12)14-4-5-16(15(18)11-14)21-8-6-20(3)7-9-21;1-10-6-16(22)21(11(2)19-10)13-7-14(18)17-15(8-13)23-9-12-4-3-5-20(12)17/h3-6,11-13H,7-10H2,1-2H3;7-13H,5-6H2,1-4H3;3-9H,10H2,1-2H3,(H,21,22);3-6,9-11,21H,7-8H2,1-2H3;4-5,10-11H,6-9H2,1-3H3;6-8,12H,3-5,9H2,1-2H3. The molecule has 2 N–H and O–H groups in total. The Morgan fingerprint density at radius 1 is 0.459 bits per heavy atom. The summed E-state index contributed by atoms with van der Waals surface area (Å²) in [5, 5.41) is 24.1. The molecule has 4 aliphatic rings. The number of hydrogen-bond donors (Lipinski definition) is 2. The number of carboxylic acids is 1. The summed E-state index contributed by atoms with van der Waals surface area (Å²) in [5.74, 6) is 1.10. The Kier molecular flexibility index (Phi) is 34.6. The molecule has 1 atom stereocenters. The third kappa shape index (κ3) is 25.6. The van der Waals surface area contributed by atoms with Crippen molar-refractivity contribution >= 4 is 74.1 Å². The molecule has 758 valence electrons. The molecular formula is C110H117F2N17O13S4. The van der Waals surface area contributed by atoms with Crippen LogP contribution >= 0.6 is 45.3 Å². The van der Waals surface area contributed by atoms with Crippen LogP contribution in [0.25, 0.3) is 73.7 Å². The van der Waals surface area contributed by atoms with Crippen LogP contribution in [0.2, 0.25) is 0 Å². The molecule has 16 aromatic rings. The molecule has 0 spiro atoms. The predicted molar refractivity (Wildman–Crippen MR) is 577 cm³/mol. The topological polar surface area (TPSA) is 320 Å². The van der Waals surface area contributed by atoms with Gasteiger partial charge in [-0.1, -0.05) is 45.3 Å². The molecular weight excluding hydrogens is 1930 g/mol. The number of piperazine rings is 1. The summed E-state index contributed by atoms with van der Waals surface area (Å²) in [4.78, 5) is 122. The lowest BCUT2D eigenvalue weighted by atomic mass is 10.1. The van der Waals surface area contributed by atoms with Crippen molar-refractivity contribution < 1.29 is 42.7 Å². The molecule has 0 saturated carbocycles. The van der Waals surface area contributed by atoms with Crippen LogP contribution in [0.3, 0.4) is 0 Å². The molecule has 4 aliphatic heterocycles. The van der Waals surface area contributed by atoms with E-state index in [9.17, 15) is 42.3 Å². The number of ether oxygens (including phenoxy) is 4. The second-order valence-corrected chi connectivity index (χ2v) is 40.0. The summed E-state index contributed by atoms with van der Waals surface area (Å²) in [7, 11) is 2.07. The first-order valence-corrected chi connectivity index (χ1v) is 51.3. The van der Waals surface area contributed by atoms with E-state index in [4.69, 9.17) is 29.2 Å². The van der Waals surface area contributed by atoms with E-state index in [1.807, 2.05) is 133 Å². The number of rotatable bonds is 21. The Hall–Kier alpha value is -14.8. The van der Waals surface area contributed by atoms with Crippen molar-refractivity contribution in [1.29, 1.82) is 0 Å². The first-order chi connectivity index (χ1) is 70.2. The van der Waals surface area contributed by atoms with Crippen LogP contribution in [-0.4, -0.2) is 190 Å². The molecule has 0 aliphatic carbocycles. The highest BCUT2D eigenvalue weighted by Gasteiger charge is 2.35. The molecule has 0 radical (unpaired) electrons. The predicted octanol–water partition coefficient (Wildman–Crippen LogP) is 17.9. The summed E-state index contributed by atoms with van der Waals surface area (Å²) >= 11 is 5.94. The number of aryl methyl sites for hydroxylation is 12. The Morgan fingerprint density at radius 2 is 0.856 bits per heavy atom. The van der Waals surface area contributed by atoms with E-state index in [2.05, 4.69) is 119 Å². The number of nitrogens with zero attached hydrogens (tertiary/aromatic N) is 17. The van der Waals surface area contributed by atoms with E-state index in [0.29, 0.717) is 75.2 Å². The molecule has 3 saturated heterocycles. The molecule has 0 bridgehead atoms. The summed E-state index contributed by atoms with van der Waals surface area (Å²) < 4.78 is 60.4. The molecule has 30 nitrogen and oxygen atoms in total. The Morgan fingerprint density at radius 3 is 1.26 bits per heavy atom. The number of carboxylic acid groups (broad SMARTS) is 1. The number of morpholine rings is 1. The number of aromatic nitrogens is 12. The van der Waals surface area contributed by atoms with Crippen molar-refractivity contribution in [3.05, 3.63) is 355 Å². The van der Waals surface area contributed by atoms with Crippen LogP contribution in [0.5, 0.6) is 17.2 Å². The van der Waals surface area contributed by atoms with E-state index in [1.54, 1.807) is 114 Å². The number of carbonyl (C=O) groups is 1. The van der Waals surface area contributed by atoms with Gasteiger partial charge in [0.25, 0.3) is 33.4 Å². The van der Waals surface area contributed by atoms with Gasteiger partial charge in [-0.3, -0.25) is 56.2 Å². The van der Waals surface area contributed by atoms with E-state index in [-0.39, 0.29) is 70.9 Å². The van der Waals surface area contributed by atoms with Gasteiger partial charge < -0.3 is 53.7 Å². The van der Waals surface area contributed by atoms with Crippen molar-refractivity contribution in [3.63, 3.8) is 0 Å². The fraction of sp³-hybridized carbons (Fsp3) is 0.300. The van der Waals surface area contributed by atoms with Crippen LogP contribution in [0.4, 0.5) is 31.5 Å². The highest BCUT2D eigenvalue weighted by atomic mass is 32.1. The average molecular weight is 2050 g/mol. The number of benzene rings is 6. The summed E-state index contributed by atoms with van der Waals surface area (Å²) in [6, 6.07) is 50.2. The van der Waals surface area contributed by atoms with Crippen molar-refractivity contribution in [1.82, 2.24) is 62.2 Å². The highest BCUT2D eigenvalue weighted by molar-refractivity contribution is 7.18. The molecule has 36 heteroatoms.